The summed E-state index contributed by atoms with van der Waals surface area (Å²) < 4.78 is 6.99. The Bertz CT molecular complexity index is 624. The molecule has 0 bridgehead atoms. The van der Waals surface area contributed by atoms with Gasteiger partial charge in [0.2, 0.25) is 5.95 Å². The van der Waals surface area contributed by atoms with Crippen LogP contribution in [0.2, 0.25) is 0 Å². The zero-order chi connectivity index (χ0) is 12.0. The van der Waals surface area contributed by atoms with Gasteiger partial charge in [0.25, 0.3) is 5.56 Å². The second-order valence-corrected chi connectivity index (χ2v) is 3.95. The minimum absolute atomic E-state index is 0. The molecule has 2 aromatic rings. The Hall–Kier alpha value is -1.16. The lowest BCUT2D eigenvalue weighted by Gasteiger charge is -2.10. The van der Waals surface area contributed by atoms with Gasteiger partial charge in [-0.05, 0) is 0 Å². The highest BCUT2D eigenvalue weighted by atomic mass is 24.3. The van der Waals surface area contributed by atoms with E-state index in [2.05, 4.69) is 15.0 Å². The fourth-order valence-corrected chi connectivity index (χ4v) is 1.94. The molecule has 0 aromatic carbocycles. The van der Waals surface area contributed by atoms with Crippen LogP contribution in [0, 0.1) is 0 Å². The lowest BCUT2D eigenvalue weighted by atomic mass is 10.3. The van der Waals surface area contributed by atoms with E-state index in [0.29, 0.717) is 12.1 Å². The van der Waals surface area contributed by atoms with Crippen LogP contribution in [0.1, 0.15) is 12.6 Å². The topological polar surface area (TPSA) is 119 Å². The molecule has 1 aliphatic heterocycles. The van der Waals surface area contributed by atoms with E-state index in [-0.39, 0.29) is 52.9 Å². The van der Waals surface area contributed by atoms with Gasteiger partial charge in [-0.3, -0.25) is 14.3 Å². The molecule has 9 heteroatoms. The Morgan fingerprint density at radius 2 is 2.39 bits per heavy atom. The standard InChI is InChI=1S/C9H11N5O3.Mg/c10-9-12-7-6(8(16)13-9)11-3-14(7)5-1-4(15)2-17-5;/h3-5,15H,1-2H2,(H3,10,12,13,16);/t4-,5+;/m0./s1. The molecule has 4 N–H and O–H groups in total. The van der Waals surface area contributed by atoms with Crippen molar-refractivity contribution in [2.24, 2.45) is 0 Å². The van der Waals surface area contributed by atoms with Crippen LogP contribution in [0.4, 0.5) is 5.95 Å². The van der Waals surface area contributed by atoms with Crippen LogP contribution >= 0.6 is 0 Å². The van der Waals surface area contributed by atoms with Gasteiger partial charge in [0.1, 0.15) is 6.23 Å². The fraction of sp³-hybridized carbons (Fsp3) is 0.444. The fourth-order valence-electron chi connectivity index (χ4n) is 1.94. The summed E-state index contributed by atoms with van der Waals surface area (Å²) in [6.45, 7) is 0.267. The summed E-state index contributed by atoms with van der Waals surface area (Å²) in [5.74, 6) is 0.0304. The monoisotopic (exact) mass is 261 g/mol. The van der Waals surface area contributed by atoms with Gasteiger partial charge in [0, 0.05) is 29.5 Å². The third-order valence-corrected chi connectivity index (χ3v) is 2.72. The third-order valence-electron chi connectivity index (χ3n) is 2.72. The Morgan fingerprint density at radius 3 is 3.06 bits per heavy atom. The molecule has 3 heterocycles. The van der Waals surface area contributed by atoms with Gasteiger partial charge in [-0.1, -0.05) is 0 Å². The molecule has 2 aromatic heterocycles. The smallest absolute Gasteiger partial charge is 0.280 e. The number of fused-ring (bicyclic) bond motifs is 1. The number of aromatic amines is 1. The quantitative estimate of drug-likeness (QED) is 0.543. The summed E-state index contributed by atoms with van der Waals surface area (Å²) in [7, 11) is 0. The summed E-state index contributed by atoms with van der Waals surface area (Å²) >= 11 is 0. The molecule has 1 saturated heterocycles. The van der Waals surface area contributed by atoms with Crippen molar-refractivity contribution < 1.29 is 9.84 Å². The number of aromatic nitrogens is 4. The lowest BCUT2D eigenvalue weighted by Crippen LogP contribution is -2.14. The van der Waals surface area contributed by atoms with Crippen molar-refractivity contribution in [3.8, 4) is 0 Å². The molecule has 1 fully saturated rings. The molecule has 0 amide bonds. The lowest BCUT2D eigenvalue weighted by molar-refractivity contribution is 0.0502. The molecular weight excluding hydrogens is 250 g/mol. The van der Waals surface area contributed by atoms with E-state index in [0.717, 1.165) is 0 Å². The minimum atomic E-state index is -0.503. The summed E-state index contributed by atoms with van der Waals surface area (Å²) in [5, 5.41) is 9.41. The molecule has 1 aliphatic rings. The number of rotatable bonds is 1. The number of hydrogen-bond donors (Lipinski definition) is 3. The van der Waals surface area contributed by atoms with Crippen molar-refractivity contribution in [1.29, 1.82) is 0 Å². The Balaban J connectivity index is 0.00000120. The maximum atomic E-state index is 11.6. The van der Waals surface area contributed by atoms with Crippen molar-refractivity contribution in [1.82, 2.24) is 19.5 Å². The van der Waals surface area contributed by atoms with E-state index in [1.165, 1.54) is 6.33 Å². The van der Waals surface area contributed by atoms with E-state index >= 15 is 0 Å². The van der Waals surface area contributed by atoms with Crippen LogP contribution in [0.5, 0.6) is 0 Å². The number of H-pyrrole nitrogens is 1. The Labute approximate surface area is 117 Å². The molecule has 2 atom stereocenters. The van der Waals surface area contributed by atoms with E-state index in [1.54, 1.807) is 4.57 Å². The Morgan fingerprint density at radius 1 is 1.61 bits per heavy atom. The number of aliphatic hydroxyl groups excluding tert-OH is 1. The molecule has 2 radical (unpaired) electrons. The van der Waals surface area contributed by atoms with Crippen molar-refractivity contribution >= 4 is 40.2 Å². The molecular formula is C9H11MgN5O3. The van der Waals surface area contributed by atoms with E-state index in [9.17, 15) is 9.90 Å². The first kappa shape index (κ1) is 13.3. The highest BCUT2D eigenvalue weighted by Crippen LogP contribution is 2.25. The van der Waals surface area contributed by atoms with Gasteiger partial charge in [0.05, 0.1) is 19.0 Å². The third kappa shape index (κ3) is 2.09. The molecule has 0 saturated carbocycles. The number of aliphatic hydroxyl groups is 1. The zero-order valence-electron chi connectivity index (χ0n) is 9.54. The van der Waals surface area contributed by atoms with E-state index in [4.69, 9.17) is 10.5 Å². The molecule has 3 rings (SSSR count). The number of hydrogen-bond acceptors (Lipinski definition) is 6. The molecule has 18 heavy (non-hydrogen) atoms. The molecule has 0 spiro atoms. The van der Waals surface area contributed by atoms with Crippen LogP contribution in [-0.2, 0) is 4.74 Å². The van der Waals surface area contributed by atoms with Crippen LogP contribution in [0.15, 0.2) is 11.1 Å². The number of nitrogens with one attached hydrogen (secondary N) is 1. The molecule has 92 valence electrons. The number of ether oxygens (including phenoxy) is 1. The number of nitrogens with two attached hydrogens (primary N) is 1. The zero-order valence-corrected chi connectivity index (χ0v) is 11.0. The van der Waals surface area contributed by atoms with Crippen LogP contribution in [0.3, 0.4) is 0 Å². The summed E-state index contributed by atoms with van der Waals surface area (Å²) in [6.07, 6.45) is 1.05. The van der Waals surface area contributed by atoms with Crippen molar-refractivity contribution in [3.05, 3.63) is 16.7 Å². The predicted molar refractivity (Wildman–Crippen MR) is 63.9 cm³/mol. The highest BCUT2D eigenvalue weighted by molar-refractivity contribution is 5.75. The summed E-state index contributed by atoms with van der Waals surface area (Å²) in [4.78, 5) is 21.9. The van der Waals surface area contributed by atoms with Crippen molar-refractivity contribution in [2.45, 2.75) is 18.8 Å². The highest BCUT2D eigenvalue weighted by Gasteiger charge is 2.27. The second kappa shape index (κ2) is 4.84. The van der Waals surface area contributed by atoms with Crippen LogP contribution in [0.25, 0.3) is 11.2 Å². The van der Waals surface area contributed by atoms with E-state index in [1.807, 2.05) is 0 Å². The maximum Gasteiger partial charge on any atom is 0.280 e. The minimum Gasteiger partial charge on any atom is -0.391 e. The first-order chi connectivity index (χ1) is 8.15. The average molecular weight is 262 g/mol. The van der Waals surface area contributed by atoms with Gasteiger partial charge >= 0.3 is 0 Å². The largest absolute Gasteiger partial charge is 0.391 e. The molecule has 0 unspecified atom stereocenters. The molecule has 8 nitrogen and oxygen atoms in total. The number of anilines is 1. The van der Waals surface area contributed by atoms with Crippen molar-refractivity contribution in [2.75, 3.05) is 12.3 Å². The second-order valence-electron chi connectivity index (χ2n) is 3.95. The number of imidazole rings is 1. The summed E-state index contributed by atoms with van der Waals surface area (Å²) in [5.41, 5.74) is 5.67. The normalized spacial score (nSPS) is 23.2. The first-order valence-corrected chi connectivity index (χ1v) is 5.17. The average Bonchev–Trinajstić information content (AvgIpc) is 2.83. The maximum absolute atomic E-state index is 11.6. The van der Waals surface area contributed by atoms with Gasteiger partial charge in [-0.15, -0.1) is 0 Å². The van der Waals surface area contributed by atoms with Gasteiger partial charge in [-0.2, -0.15) is 4.98 Å². The van der Waals surface area contributed by atoms with Crippen LogP contribution in [-0.4, -0.2) is 60.4 Å². The summed E-state index contributed by atoms with van der Waals surface area (Å²) in [6, 6.07) is 0. The molecule has 0 aliphatic carbocycles. The Kier molecular flexibility index (Phi) is 3.57. The van der Waals surface area contributed by atoms with Gasteiger partial charge in [0.15, 0.2) is 11.2 Å². The van der Waals surface area contributed by atoms with Crippen molar-refractivity contribution in [3.63, 3.8) is 0 Å². The van der Waals surface area contributed by atoms with E-state index < -0.39 is 6.10 Å². The SMILES string of the molecule is Nc1nc2c(ncn2[C@H]2C[C@H](O)CO2)c(=O)[nH]1.[Mg]. The van der Waals surface area contributed by atoms with Gasteiger partial charge < -0.3 is 15.6 Å². The number of nitrogens with zero attached hydrogens (tertiary/aromatic N) is 3. The number of nitrogen functional groups attached to an aromatic ring is 1. The first-order valence-electron chi connectivity index (χ1n) is 5.17. The van der Waals surface area contributed by atoms with Gasteiger partial charge in [-0.25, -0.2) is 4.98 Å². The predicted octanol–water partition coefficient (Wildman–Crippen LogP) is -1.40. The van der Waals surface area contributed by atoms with Crippen LogP contribution < -0.4 is 11.3 Å².